The van der Waals surface area contributed by atoms with Crippen LogP contribution in [-0.4, -0.2) is 61.0 Å². The molecule has 3 atom stereocenters. The van der Waals surface area contributed by atoms with E-state index in [4.69, 9.17) is 0 Å². The second kappa shape index (κ2) is 9.70. The van der Waals surface area contributed by atoms with E-state index in [0.717, 1.165) is 64.7 Å². The van der Waals surface area contributed by atoms with Crippen molar-refractivity contribution in [2.24, 2.45) is 5.92 Å². The maximum atomic E-state index is 12.6. The van der Waals surface area contributed by atoms with E-state index in [-0.39, 0.29) is 23.9 Å². The van der Waals surface area contributed by atoms with Crippen molar-refractivity contribution in [3.8, 4) is 0 Å². The molecule has 0 aromatic carbocycles. The van der Waals surface area contributed by atoms with Crippen molar-refractivity contribution in [1.29, 1.82) is 0 Å². The van der Waals surface area contributed by atoms with Crippen molar-refractivity contribution in [1.82, 2.24) is 20.9 Å². The van der Waals surface area contributed by atoms with Gasteiger partial charge in [0.1, 0.15) is 0 Å². The van der Waals surface area contributed by atoms with Crippen LogP contribution in [0.15, 0.2) is 0 Å². The Bertz CT molecular complexity index is 472. The predicted molar refractivity (Wildman–Crippen MR) is 103 cm³/mol. The molecular formula is C20H36N4O2. The van der Waals surface area contributed by atoms with Crippen molar-refractivity contribution in [3.63, 3.8) is 0 Å². The fourth-order valence-electron chi connectivity index (χ4n) is 4.63. The zero-order chi connectivity index (χ0) is 18.4. The Hall–Kier alpha value is -1.14. The number of hydrogen-bond donors (Lipinski definition) is 3. The summed E-state index contributed by atoms with van der Waals surface area (Å²) in [6.07, 6.45) is 10.3. The van der Waals surface area contributed by atoms with Crippen molar-refractivity contribution in [2.75, 3.05) is 26.2 Å². The molecule has 2 heterocycles. The maximum Gasteiger partial charge on any atom is 0.237 e. The molecule has 3 unspecified atom stereocenters. The fraction of sp³-hybridized carbons (Fsp3) is 0.900. The summed E-state index contributed by atoms with van der Waals surface area (Å²) in [4.78, 5) is 27.1. The number of amides is 2. The van der Waals surface area contributed by atoms with Gasteiger partial charge in [-0.15, -0.1) is 0 Å². The van der Waals surface area contributed by atoms with Gasteiger partial charge in [-0.2, -0.15) is 0 Å². The van der Waals surface area contributed by atoms with Gasteiger partial charge in [-0.1, -0.05) is 19.3 Å². The van der Waals surface area contributed by atoms with Gasteiger partial charge < -0.3 is 16.0 Å². The topological polar surface area (TPSA) is 73.5 Å². The molecule has 6 heteroatoms. The highest BCUT2D eigenvalue weighted by atomic mass is 16.2. The molecule has 0 aromatic rings. The molecule has 2 amide bonds. The lowest BCUT2D eigenvalue weighted by Crippen LogP contribution is -2.52. The highest BCUT2D eigenvalue weighted by molar-refractivity contribution is 5.82. The largest absolute Gasteiger partial charge is 0.354 e. The number of hydrogen-bond acceptors (Lipinski definition) is 4. The van der Waals surface area contributed by atoms with Crippen molar-refractivity contribution in [3.05, 3.63) is 0 Å². The minimum absolute atomic E-state index is 0.00473. The summed E-state index contributed by atoms with van der Waals surface area (Å²) in [5, 5.41) is 9.63. The van der Waals surface area contributed by atoms with Crippen LogP contribution in [0.5, 0.6) is 0 Å². The van der Waals surface area contributed by atoms with Crippen LogP contribution in [0, 0.1) is 5.92 Å². The lowest BCUT2D eigenvalue weighted by Gasteiger charge is -2.37. The predicted octanol–water partition coefficient (Wildman–Crippen LogP) is 1.40. The molecule has 148 valence electrons. The highest BCUT2D eigenvalue weighted by Gasteiger charge is 2.29. The first-order valence-corrected chi connectivity index (χ1v) is 10.7. The molecule has 6 nitrogen and oxygen atoms in total. The van der Waals surface area contributed by atoms with Crippen molar-refractivity contribution in [2.45, 2.75) is 82.8 Å². The molecule has 0 radical (unpaired) electrons. The van der Waals surface area contributed by atoms with E-state index in [9.17, 15) is 9.59 Å². The Labute approximate surface area is 157 Å². The molecule has 3 aliphatic rings. The van der Waals surface area contributed by atoms with Gasteiger partial charge in [0.05, 0.1) is 12.1 Å². The number of nitrogens with one attached hydrogen (secondary N) is 3. The first kappa shape index (κ1) is 19.6. The molecule has 26 heavy (non-hydrogen) atoms. The number of carbonyl (C=O) groups is 2. The summed E-state index contributed by atoms with van der Waals surface area (Å²) in [5.41, 5.74) is 0. The van der Waals surface area contributed by atoms with Crippen LogP contribution in [-0.2, 0) is 9.59 Å². The van der Waals surface area contributed by atoms with Gasteiger partial charge in [0.2, 0.25) is 11.8 Å². The van der Waals surface area contributed by atoms with Crippen LogP contribution in [0.25, 0.3) is 0 Å². The van der Waals surface area contributed by atoms with E-state index >= 15 is 0 Å². The van der Waals surface area contributed by atoms with Crippen molar-refractivity contribution < 1.29 is 9.59 Å². The number of carbonyl (C=O) groups excluding carboxylic acids is 2. The van der Waals surface area contributed by atoms with Gasteiger partial charge in [-0.05, 0) is 64.5 Å². The Balaban J connectivity index is 1.41. The molecule has 3 fully saturated rings. The van der Waals surface area contributed by atoms with E-state index in [1.54, 1.807) is 0 Å². The molecule has 0 bridgehead atoms. The van der Waals surface area contributed by atoms with E-state index in [1.807, 2.05) is 6.92 Å². The second-order valence-corrected chi connectivity index (χ2v) is 8.42. The van der Waals surface area contributed by atoms with Crippen LogP contribution in [0.3, 0.4) is 0 Å². The van der Waals surface area contributed by atoms with E-state index in [2.05, 4.69) is 20.9 Å². The van der Waals surface area contributed by atoms with Crippen LogP contribution in [0.4, 0.5) is 0 Å². The molecule has 2 saturated heterocycles. The minimum atomic E-state index is -0.0769. The summed E-state index contributed by atoms with van der Waals surface area (Å²) in [5.74, 6) is 0.762. The van der Waals surface area contributed by atoms with Crippen LogP contribution in [0.1, 0.15) is 64.7 Å². The van der Waals surface area contributed by atoms with E-state index in [1.165, 1.54) is 19.3 Å². The van der Waals surface area contributed by atoms with Crippen LogP contribution >= 0.6 is 0 Å². The van der Waals surface area contributed by atoms with Gasteiger partial charge >= 0.3 is 0 Å². The highest BCUT2D eigenvalue weighted by Crippen LogP contribution is 2.20. The average Bonchev–Trinajstić information content (AvgIpc) is 3.21. The quantitative estimate of drug-likeness (QED) is 0.666. The van der Waals surface area contributed by atoms with E-state index in [0.29, 0.717) is 12.0 Å². The van der Waals surface area contributed by atoms with E-state index < -0.39 is 0 Å². The number of piperidine rings is 1. The van der Waals surface area contributed by atoms with Gasteiger partial charge in [-0.3, -0.25) is 14.5 Å². The molecule has 1 saturated carbocycles. The standard InChI is InChI=1S/C20H36N4O2/c1-15(19(25)23-17-8-3-2-4-9-17)24-12-6-7-16(14-24)13-22-20(26)18-10-5-11-21-18/h15-18,21H,2-14H2,1H3,(H,22,26)(H,23,25). The number of rotatable bonds is 6. The van der Waals surface area contributed by atoms with Crippen LogP contribution < -0.4 is 16.0 Å². The molecule has 0 aromatic heterocycles. The minimum Gasteiger partial charge on any atom is -0.354 e. The molecule has 3 N–H and O–H groups in total. The zero-order valence-corrected chi connectivity index (χ0v) is 16.3. The number of likely N-dealkylation sites (tertiary alicyclic amines) is 1. The lowest BCUT2D eigenvalue weighted by atomic mass is 9.94. The Morgan fingerprint density at radius 2 is 1.88 bits per heavy atom. The summed E-state index contributed by atoms with van der Waals surface area (Å²) in [6.45, 7) is 5.58. The van der Waals surface area contributed by atoms with Crippen molar-refractivity contribution >= 4 is 11.8 Å². The monoisotopic (exact) mass is 364 g/mol. The summed E-state index contributed by atoms with van der Waals surface area (Å²) in [6, 6.07) is 0.291. The molecule has 1 aliphatic carbocycles. The normalized spacial score (nSPS) is 29.3. The fourth-order valence-corrected chi connectivity index (χ4v) is 4.63. The summed E-state index contributed by atoms with van der Waals surface area (Å²) < 4.78 is 0. The average molecular weight is 365 g/mol. The SMILES string of the molecule is CC(C(=O)NC1CCCCC1)N1CCCC(CNC(=O)C2CCCN2)C1. The molecular weight excluding hydrogens is 328 g/mol. The smallest absolute Gasteiger partial charge is 0.237 e. The third kappa shape index (κ3) is 5.43. The lowest BCUT2D eigenvalue weighted by molar-refractivity contribution is -0.128. The summed E-state index contributed by atoms with van der Waals surface area (Å²) >= 11 is 0. The van der Waals surface area contributed by atoms with Gasteiger partial charge in [0, 0.05) is 19.1 Å². The van der Waals surface area contributed by atoms with Crippen LogP contribution in [0.2, 0.25) is 0 Å². The van der Waals surface area contributed by atoms with Gasteiger partial charge in [0.15, 0.2) is 0 Å². The third-order valence-electron chi connectivity index (χ3n) is 6.37. The first-order chi connectivity index (χ1) is 12.6. The maximum absolute atomic E-state index is 12.6. The Morgan fingerprint density at radius 3 is 2.62 bits per heavy atom. The first-order valence-electron chi connectivity index (χ1n) is 10.7. The molecule has 3 rings (SSSR count). The number of nitrogens with zero attached hydrogens (tertiary/aromatic N) is 1. The van der Waals surface area contributed by atoms with Gasteiger partial charge in [0.25, 0.3) is 0 Å². The third-order valence-corrected chi connectivity index (χ3v) is 6.37. The molecule has 0 spiro atoms. The Kier molecular flexibility index (Phi) is 7.32. The Morgan fingerprint density at radius 1 is 1.08 bits per heavy atom. The van der Waals surface area contributed by atoms with Gasteiger partial charge in [-0.25, -0.2) is 0 Å². The molecule has 2 aliphatic heterocycles. The zero-order valence-electron chi connectivity index (χ0n) is 16.3. The second-order valence-electron chi connectivity index (χ2n) is 8.42. The summed E-state index contributed by atoms with van der Waals surface area (Å²) in [7, 11) is 0.